The Labute approximate surface area is 98.5 Å². The zero-order chi connectivity index (χ0) is 11.4. The van der Waals surface area contributed by atoms with Gasteiger partial charge in [-0.25, -0.2) is 14.6 Å². The lowest BCUT2D eigenvalue weighted by molar-refractivity contribution is 0.624. The standard InChI is InChI=1S/C10H12ClN5/c1-2-8(11)9-6-16(15-14-9)7-10-12-4-3-5-13-10/h3-6,8H,2,7H2,1H3. The van der Waals surface area contributed by atoms with Crippen molar-refractivity contribution in [3.8, 4) is 0 Å². The van der Waals surface area contributed by atoms with Crippen molar-refractivity contribution in [1.29, 1.82) is 0 Å². The van der Waals surface area contributed by atoms with Gasteiger partial charge in [-0.3, -0.25) is 0 Å². The normalized spacial score (nSPS) is 12.6. The molecule has 0 spiro atoms. The summed E-state index contributed by atoms with van der Waals surface area (Å²) in [5.74, 6) is 0.710. The largest absolute Gasteiger partial charge is 0.245 e. The Hall–Kier alpha value is -1.49. The first kappa shape index (κ1) is 11.0. The van der Waals surface area contributed by atoms with Gasteiger partial charge in [-0.05, 0) is 12.5 Å². The molecule has 6 heteroatoms. The molecule has 0 aliphatic heterocycles. The maximum Gasteiger partial charge on any atom is 0.149 e. The fourth-order valence-electron chi connectivity index (χ4n) is 1.30. The number of nitrogens with zero attached hydrogens (tertiary/aromatic N) is 5. The van der Waals surface area contributed by atoms with E-state index in [-0.39, 0.29) is 5.38 Å². The Kier molecular flexibility index (Phi) is 3.46. The molecule has 2 rings (SSSR count). The summed E-state index contributed by atoms with van der Waals surface area (Å²) in [5, 5.41) is 7.91. The van der Waals surface area contributed by atoms with Gasteiger partial charge in [-0.15, -0.1) is 16.7 Å². The van der Waals surface area contributed by atoms with E-state index in [2.05, 4.69) is 20.3 Å². The summed E-state index contributed by atoms with van der Waals surface area (Å²) < 4.78 is 1.69. The highest BCUT2D eigenvalue weighted by Crippen LogP contribution is 2.20. The first-order valence-corrected chi connectivity index (χ1v) is 5.53. The van der Waals surface area contributed by atoms with Crippen molar-refractivity contribution in [3.63, 3.8) is 0 Å². The molecule has 0 saturated heterocycles. The molecule has 0 radical (unpaired) electrons. The summed E-state index contributed by atoms with van der Waals surface area (Å²) in [4.78, 5) is 8.23. The van der Waals surface area contributed by atoms with Crippen LogP contribution in [0.1, 0.15) is 30.2 Å². The van der Waals surface area contributed by atoms with Crippen molar-refractivity contribution in [3.05, 3.63) is 36.2 Å². The summed E-state index contributed by atoms with van der Waals surface area (Å²) in [6.07, 6.45) is 6.08. The van der Waals surface area contributed by atoms with Crippen LogP contribution < -0.4 is 0 Å². The van der Waals surface area contributed by atoms with E-state index in [9.17, 15) is 0 Å². The molecule has 0 aliphatic rings. The molecular formula is C10H12ClN5. The zero-order valence-electron chi connectivity index (χ0n) is 8.91. The third kappa shape index (κ3) is 2.55. The zero-order valence-corrected chi connectivity index (χ0v) is 9.67. The summed E-state index contributed by atoms with van der Waals surface area (Å²) in [7, 11) is 0. The number of rotatable bonds is 4. The van der Waals surface area contributed by atoms with Crippen molar-refractivity contribution in [1.82, 2.24) is 25.0 Å². The van der Waals surface area contributed by atoms with Crippen molar-refractivity contribution in [2.24, 2.45) is 0 Å². The Balaban J connectivity index is 2.09. The number of hydrogen-bond donors (Lipinski definition) is 0. The quantitative estimate of drug-likeness (QED) is 0.761. The molecule has 5 nitrogen and oxygen atoms in total. The van der Waals surface area contributed by atoms with Crippen LogP contribution in [0.2, 0.25) is 0 Å². The molecule has 0 saturated carbocycles. The first-order valence-electron chi connectivity index (χ1n) is 5.09. The SMILES string of the molecule is CCC(Cl)c1cn(Cc2ncccn2)nn1. The lowest BCUT2D eigenvalue weighted by atomic mass is 10.3. The monoisotopic (exact) mass is 237 g/mol. The highest BCUT2D eigenvalue weighted by molar-refractivity contribution is 6.20. The highest BCUT2D eigenvalue weighted by Gasteiger charge is 2.10. The molecule has 1 atom stereocenters. The molecule has 0 aliphatic carbocycles. The van der Waals surface area contributed by atoms with Crippen LogP contribution in [0.4, 0.5) is 0 Å². The third-order valence-electron chi connectivity index (χ3n) is 2.16. The minimum Gasteiger partial charge on any atom is -0.245 e. The van der Waals surface area contributed by atoms with E-state index >= 15 is 0 Å². The van der Waals surface area contributed by atoms with Gasteiger partial charge in [0.1, 0.15) is 18.1 Å². The molecular weight excluding hydrogens is 226 g/mol. The van der Waals surface area contributed by atoms with E-state index in [1.807, 2.05) is 13.1 Å². The molecule has 2 aromatic rings. The number of halogens is 1. The van der Waals surface area contributed by atoms with Crippen LogP contribution in [-0.4, -0.2) is 25.0 Å². The summed E-state index contributed by atoms with van der Waals surface area (Å²) in [6, 6.07) is 1.78. The molecule has 84 valence electrons. The average Bonchev–Trinajstić information content (AvgIpc) is 2.78. The van der Waals surface area contributed by atoms with Crippen LogP contribution in [0.5, 0.6) is 0 Å². The Bertz CT molecular complexity index is 441. The minimum atomic E-state index is -0.0783. The van der Waals surface area contributed by atoms with Crippen molar-refractivity contribution in [2.75, 3.05) is 0 Å². The summed E-state index contributed by atoms with van der Waals surface area (Å²) >= 11 is 6.06. The molecule has 2 heterocycles. The topological polar surface area (TPSA) is 56.5 Å². The minimum absolute atomic E-state index is 0.0783. The van der Waals surface area contributed by atoms with Crippen molar-refractivity contribution < 1.29 is 0 Å². The van der Waals surface area contributed by atoms with Crippen molar-refractivity contribution >= 4 is 11.6 Å². The van der Waals surface area contributed by atoms with Gasteiger partial charge in [0.05, 0.1) is 11.6 Å². The second kappa shape index (κ2) is 5.03. The summed E-state index contributed by atoms with van der Waals surface area (Å²) in [5.41, 5.74) is 0.792. The molecule has 2 aromatic heterocycles. The smallest absolute Gasteiger partial charge is 0.149 e. The predicted molar refractivity (Wildman–Crippen MR) is 60.0 cm³/mol. The molecule has 0 aromatic carbocycles. The lowest BCUT2D eigenvalue weighted by Crippen LogP contribution is -2.04. The van der Waals surface area contributed by atoms with Gasteiger partial charge >= 0.3 is 0 Å². The molecule has 16 heavy (non-hydrogen) atoms. The second-order valence-corrected chi connectivity index (χ2v) is 3.91. The molecule has 0 N–H and O–H groups in total. The molecule has 1 unspecified atom stereocenters. The van der Waals surface area contributed by atoms with E-state index in [0.717, 1.165) is 12.1 Å². The first-order chi connectivity index (χ1) is 7.79. The van der Waals surface area contributed by atoms with E-state index in [1.165, 1.54) is 0 Å². The van der Waals surface area contributed by atoms with Crippen LogP contribution in [0.25, 0.3) is 0 Å². The fourth-order valence-corrected chi connectivity index (χ4v) is 1.40. The van der Waals surface area contributed by atoms with Gasteiger partial charge in [-0.1, -0.05) is 12.1 Å². The van der Waals surface area contributed by atoms with E-state index in [1.54, 1.807) is 23.1 Å². The van der Waals surface area contributed by atoms with Crippen LogP contribution in [0.3, 0.4) is 0 Å². The number of aromatic nitrogens is 5. The van der Waals surface area contributed by atoms with E-state index in [4.69, 9.17) is 11.6 Å². The average molecular weight is 238 g/mol. The van der Waals surface area contributed by atoms with Crippen LogP contribution in [0.15, 0.2) is 24.7 Å². The predicted octanol–water partition coefficient (Wildman–Crippen LogP) is 1.81. The highest BCUT2D eigenvalue weighted by atomic mass is 35.5. The maximum atomic E-state index is 6.06. The fraction of sp³-hybridized carbons (Fsp3) is 0.400. The van der Waals surface area contributed by atoms with Gasteiger partial charge in [0.2, 0.25) is 0 Å². The van der Waals surface area contributed by atoms with Crippen LogP contribution in [-0.2, 0) is 6.54 Å². The maximum absolute atomic E-state index is 6.06. The second-order valence-electron chi connectivity index (χ2n) is 3.38. The van der Waals surface area contributed by atoms with Crippen molar-refractivity contribution in [2.45, 2.75) is 25.3 Å². The van der Waals surface area contributed by atoms with Gasteiger partial charge in [0.25, 0.3) is 0 Å². The van der Waals surface area contributed by atoms with Crippen LogP contribution in [0, 0.1) is 0 Å². The van der Waals surface area contributed by atoms with Crippen LogP contribution >= 0.6 is 11.6 Å². The summed E-state index contributed by atoms with van der Waals surface area (Å²) in [6.45, 7) is 2.53. The lowest BCUT2D eigenvalue weighted by Gasteiger charge is -1.99. The molecule has 0 bridgehead atoms. The van der Waals surface area contributed by atoms with E-state index in [0.29, 0.717) is 12.4 Å². The number of hydrogen-bond acceptors (Lipinski definition) is 4. The Morgan fingerprint density at radius 2 is 2.12 bits per heavy atom. The number of alkyl halides is 1. The van der Waals surface area contributed by atoms with Gasteiger partial charge in [0, 0.05) is 12.4 Å². The Morgan fingerprint density at radius 3 is 2.81 bits per heavy atom. The third-order valence-corrected chi connectivity index (χ3v) is 2.69. The van der Waals surface area contributed by atoms with Gasteiger partial charge < -0.3 is 0 Å². The Morgan fingerprint density at radius 1 is 1.38 bits per heavy atom. The molecule has 0 fully saturated rings. The van der Waals surface area contributed by atoms with Gasteiger partial charge in [-0.2, -0.15) is 0 Å². The van der Waals surface area contributed by atoms with Gasteiger partial charge in [0.15, 0.2) is 0 Å². The molecule has 0 amide bonds. The van der Waals surface area contributed by atoms with E-state index < -0.39 is 0 Å².